The molecule has 0 unspecified atom stereocenters. The summed E-state index contributed by atoms with van der Waals surface area (Å²) in [5.41, 5.74) is 3.48. The van der Waals surface area contributed by atoms with Crippen LogP contribution in [0.1, 0.15) is 39.2 Å². The van der Waals surface area contributed by atoms with Gasteiger partial charge in [0, 0.05) is 18.5 Å². The highest BCUT2D eigenvalue weighted by Gasteiger charge is 2.07. The van der Waals surface area contributed by atoms with Gasteiger partial charge in [-0.2, -0.15) is 4.98 Å². The molecule has 22 heavy (non-hydrogen) atoms. The van der Waals surface area contributed by atoms with Gasteiger partial charge in [0.2, 0.25) is 5.95 Å². The fourth-order valence-electron chi connectivity index (χ4n) is 2.18. The second-order valence-corrected chi connectivity index (χ2v) is 5.86. The molecule has 0 aliphatic rings. The van der Waals surface area contributed by atoms with E-state index in [9.17, 15) is 0 Å². The number of aryl methyl sites for hydroxylation is 1. The number of nitrogens with one attached hydrogen (secondary N) is 2. The fourth-order valence-corrected chi connectivity index (χ4v) is 2.18. The molecule has 2 rings (SSSR count). The van der Waals surface area contributed by atoms with Crippen LogP contribution >= 0.6 is 0 Å². The highest BCUT2D eigenvalue weighted by Crippen LogP contribution is 2.23. The number of unbranched alkanes of at least 4 members (excludes halogenated alkanes) is 1. The van der Waals surface area contributed by atoms with E-state index in [0.717, 1.165) is 42.7 Å². The van der Waals surface area contributed by atoms with E-state index in [1.54, 1.807) is 0 Å². The van der Waals surface area contributed by atoms with Crippen LogP contribution in [0.4, 0.5) is 11.8 Å². The van der Waals surface area contributed by atoms with Crippen LogP contribution in [0.25, 0.3) is 10.9 Å². The minimum absolute atomic E-state index is 0.699. The summed E-state index contributed by atoms with van der Waals surface area (Å²) in [4.78, 5) is 9.26. The average Bonchev–Trinajstić information content (AvgIpc) is 2.47. The summed E-state index contributed by atoms with van der Waals surface area (Å²) >= 11 is 0. The first-order valence-electron chi connectivity index (χ1n) is 7.99. The number of nitrogens with zero attached hydrogens (tertiary/aromatic N) is 2. The van der Waals surface area contributed by atoms with Crippen LogP contribution in [0, 0.1) is 6.92 Å². The summed E-state index contributed by atoms with van der Waals surface area (Å²) in [6.45, 7) is 10.1. The van der Waals surface area contributed by atoms with Gasteiger partial charge >= 0.3 is 0 Å². The summed E-state index contributed by atoms with van der Waals surface area (Å²) in [6, 6.07) is 6.28. The molecule has 0 saturated heterocycles. The van der Waals surface area contributed by atoms with E-state index in [0.29, 0.717) is 5.95 Å². The highest BCUT2D eigenvalue weighted by molar-refractivity contribution is 5.90. The second kappa shape index (κ2) is 7.78. The van der Waals surface area contributed by atoms with Gasteiger partial charge in [-0.05, 0) is 39.3 Å². The van der Waals surface area contributed by atoms with Crippen molar-refractivity contribution in [1.29, 1.82) is 0 Å². The molecule has 0 radical (unpaired) electrons. The molecule has 2 N–H and O–H groups in total. The van der Waals surface area contributed by atoms with E-state index < -0.39 is 0 Å². The van der Waals surface area contributed by atoms with E-state index >= 15 is 0 Å². The van der Waals surface area contributed by atoms with Crippen molar-refractivity contribution in [1.82, 2.24) is 9.97 Å². The van der Waals surface area contributed by atoms with Gasteiger partial charge in [0.25, 0.3) is 0 Å². The van der Waals surface area contributed by atoms with E-state index in [2.05, 4.69) is 72.6 Å². The first kappa shape index (κ1) is 16.3. The summed E-state index contributed by atoms with van der Waals surface area (Å²) in [5, 5.41) is 7.80. The van der Waals surface area contributed by atoms with E-state index in [-0.39, 0.29) is 0 Å². The van der Waals surface area contributed by atoms with Gasteiger partial charge in [-0.3, -0.25) is 0 Å². The normalized spacial score (nSPS) is 10.5. The molecule has 0 saturated carbocycles. The molecule has 1 aromatic carbocycles. The maximum absolute atomic E-state index is 4.65. The Kier molecular flexibility index (Phi) is 5.75. The number of fused-ring (bicyclic) bond motifs is 1. The largest absolute Gasteiger partial charge is 0.366 e. The van der Waals surface area contributed by atoms with Gasteiger partial charge < -0.3 is 10.6 Å². The lowest BCUT2D eigenvalue weighted by Gasteiger charge is -2.11. The summed E-state index contributed by atoms with van der Waals surface area (Å²) in [5.74, 6) is 1.59. The van der Waals surface area contributed by atoms with Gasteiger partial charge in [-0.1, -0.05) is 36.6 Å². The van der Waals surface area contributed by atoms with Crippen molar-refractivity contribution in [2.75, 3.05) is 23.7 Å². The molecule has 0 atom stereocenters. The van der Waals surface area contributed by atoms with Crippen LogP contribution in [0.5, 0.6) is 0 Å². The lowest BCUT2D eigenvalue weighted by Crippen LogP contribution is -2.09. The highest BCUT2D eigenvalue weighted by atomic mass is 15.1. The van der Waals surface area contributed by atoms with Crippen LogP contribution in [0.15, 0.2) is 29.8 Å². The van der Waals surface area contributed by atoms with Crippen LogP contribution in [0.3, 0.4) is 0 Å². The Balaban J connectivity index is 2.31. The zero-order valence-corrected chi connectivity index (χ0v) is 14.0. The first-order chi connectivity index (χ1) is 10.6. The minimum atomic E-state index is 0.699. The quantitative estimate of drug-likeness (QED) is 0.582. The number of hydrogen-bond acceptors (Lipinski definition) is 4. The monoisotopic (exact) mass is 298 g/mol. The van der Waals surface area contributed by atoms with Crippen molar-refractivity contribution >= 4 is 22.7 Å². The number of aromatic nitrogens is 2. The van der Waals surface area contributed by atoms with Gasteiger partial charge in [-0.25, -0.2) is 4.98 Å². The molecule has 1 heterocycles. The molecule has 0 aliphatic heterocycles. The molecule has 0 fully saturated rings. The van der Waals surface area contributed by atoms with Crippen molar-refractivity contribution in [3.05, 3.63) is 35.4 Å². The van der Waals surface area contributed by atoms with Crippen LogP contribution in [-0.2, 0) is 0 Å². The average molecular weight is 298 g/mol. The zero-order valence-electron chi connectivity index (χ0n) is 14.0. The third kappa shape index (κ3) is 4.45. The predicted molar refractivity (Wildman–Crippen MR) is 95.6 cm³/mol. The summed E-state index contributed by atoms with van der Waals surface area (Å²) in [7, 11) is 0. The van der Waals surface area contributed by atoms with E-state index in [4.69, 9.17) is 0 Å². The Morgan fingerprint density at radius 1 is 1.18 bits per heavy atom. The van der Waals surface area contributed by atoms with Gasteiger partial charge in [0.1, 0.15) is 5.82 Å². The zero-order chi connectivity index (χ0) is 15.9. The molecule has 1 aromatic heterocycles. The lowest BCUT2D eigenvalue weighted by molar-refractivity contribution is 0.827. The van der Waals surface area contributed by atoms with Crippen LogP contribution in [0.2, 0.25) is 0 Å². The van der Waals surface area contributed by atoms with Crippen molar-refractivity contribution in [2.24, 2.45) is 0 Å². The van der Waals surface area contributed by atoms with Crippen molar-refractivity contribution in [3.8, 4) is 0 Å². The number of allylic oxidation sites excluding steroid dienone is 1. The van der Waals surface area contributed by atoms with Crippen LogP contribution < -0.4 is 10.6 Å². The number of hydrogen-bond donors (Lipinski definition) is 2. The van der Waals surface area contributed by atoms with E-state index in [1.807, 2.05) is 0 Å². The smallest absolute Gasteiger partial charge is 0.225 e. The third-order valence-electron chi connectivity index (χ3n) is 3.44. The summed E-state index contributed by atoms with van der Waals surface area (Å²) < 4.78 is 0. The van der Waals surface area contributed by atoms with Gasteiger partial charge in [0.15, 0.2) is 0 Å². The molecular formula is C18H26N4. The Bertz CT molecular complexity index is 657. The molecule has 0 spiro atoms. The van der Waals surface area contributed by atoms with Crippen molar-refractivity contribution in [3.63, 3.8) is 0 Å². The molecule has 0 bridgehead atoms. The van der Waals surface area contributed by atoms with Crippen molar-refractivity contribution in [2.45, 2.75) is 40.5 Å². The maximum atomic E-state index is 4.65. The number of rotatable bonds is 7. The number of anilines is 2. The molecule has 0 amide bonds. The second-order valence-electron chi connectivity index (χ2n) is 5.86. The molecule has 4 heteroatoms. The Morgan fingerprint density at radius 3 is 2.73 bits per heavy atom. The van der Waals surface area contributed by atoms with E-state index in [1.165, 1.54) is 11.1 Å². The molecule has 118 valence electrons. The van der Waals surface area contributed by atoms with Crippen molar-refractivity contribution < 1.29 is 0 Å². The number of benzene rings is 1. The Morgan fingerprint density at radius 2 is 2.00 bits per heavy atom. The summed E-state index contributed by atoms with van der Waals surface area (Å²) in [6.07, 6.45) is 4.44. The maximum Gasteiger partial charge on any atom is 0.225 e. The lowest BCUT2D eigenvalue weighted by atomic mass is 10.1. The Hall–Kier alpha value is -2.10. The molecule has 0 aliphatic carbocycles. The van der Waals surface area contributed by atoms with Crippen LogP contribution in [-0.4, -0.2) is 23.1 Å². The molecular weight excluding hydrogens is 272 g/mol. The SMILES string of the molecule is CCCCNc1nc(NCC=C(C)C)c2cc(C)ccc2n1. The topological polar surface area (TPSA) is 49.8 Å². The third-order valence-corrected chi connectivity index (χ3v) is 3.44. The van der Waals surface area contributed by atoms with Gasteiger partial charge in [-0.15, -0.1) is 0 Å². The predicted octanol–water partition coefficient (Wildman–Crippen LogP) is 4.53. The standard InChI is InChI=1S/C18H26N4/c1-5-6-10-20-18-21-16-8-7-14(4)12-15(16)17(22-18)19-11-9-13(2)3/h7-9,12H,5-6,10-11H2,1-4H3,(H2,19,20,21,22). The fraction of sp³-hybridized carbons (Fsp3) is 0.444. The Labute approximate surface area is 133 Å². The molecule has 2 aromatic rings. The minimum Gasteiger partial charge on any atom is -0.366 e. The molecule has 4 nitrogen and oxygen atoms in total. The first-order valence-corrected chi connectivity index (χ1v) is 7.99. The van der Waals surface area contributed by atoms with Gasteiger partial charge in [0.05, 0.1) is 5.52 Å².